The van der Waals surface area contributed by atoms with E-state index in [1.54, 1.807) is 13.0 Å². The number of hydrogen-bond donors (Lipinski definition) is 1. The molecule has 0 saturated heterocycles. The maximum absolute atomic E-state index is 14.3. The maximum atomic E-state index is 14.3. The van der Waals surface area contributed by atoms with Crippen LogP contribution in [0, 0.1) is 18.8 Å². The Labute approximate surface area is 181 Å². The Morgan fingerprint density at radius 1 is 1.19 bits per heavy atom. The molecule has 0 aliphatic heterocycles. The van der Waals surface area contributed by atoms with Gasteiger partial charge in [-0.2, -0.15) is 9.49 Å². The van der Waals surface area contributed by atoms with E-state index >= 15 is 0 Å². The van der Waals surface area contributed by atoms with Gasteiger partial charge in [-0.15, -0.1) is 0 Å². The topological polar surface area (TPSA) is 68.5 Å². The highest BCUT2D eigenvalue weighted by atomic mass is 19.1. The molecule has 0 fully saturated rings. The number of nitrogens with one attached hydrogen (secondary N) is 1. The average molecular weight is 423 g/mol. The number of aromatic nitrogens is 2. The Bertz CT molecular complexity index is 1100. The number of anilines is 1. The number of carbonyl (C=O) groups excluding carboxylic acids is 1. The highest BCUT2D eigenvalue weighted by Crippen LogP contribution is 2.29. The Kier molecular flexibility index (Phi) is 6.84. The molecule has 0 aliphatic carbocycles. The number of amides is 1. The van der Waals surface area contributed by atoms with E-state index in [4.69, 9.17) is 4.84 Å². The molecule has 1 heterocycles. The van der Waals surface area contributed by atoms with E-state index in [0.29, 0.717) is 23.9 Å². The van der Waals surface area contributed by atoms with Crippen LogP contribution in [0.15, 0.2) is 53.7 Å². The summed E-state index contributed by atoms with van der Waals surface area (Å²) < 4.78 is 15.3. The van der Waals surface area contributed by atoms with Crippen molar-refractivity contribution in [3.05, 3.63) is 71.3 Å². The lowest BCUT2D eigenvalue weighted by Crippen LogP contribution is -2.15. The summed E-state index contributed by atoms with van der Waals surface area (Å²) in [4.78, 5) is 18.1. The number of hydrogen-bond acceptors (Lipinski definition) is 4. The van der Waals surface area contributed by atoms with Gasteiger partial charge in [0.25, 0.3) is 5.91 Å². The van der Waals surface area contributed by atoms with Gasteiger partial charge in [0.1, 0.15) is 12.2 Å². The van der Waals surface area contributed by atoms with Crippen molar-refractivity contribution in [1.29, 1.82) is 0 Å². The molecule has 0 aliphatic rings. The van der Waals surface area contributed by atoms with E-state index in [1.165, 1.54) is 7.05 Å². The molecule has 0 spiro atoms. The van der Waals surface area contributed by atoms with Gasteiger partial charge in [-0.25, -0.2) is 4.68 Å². The minimum absolute atomic E-state index is 0.0547. The molecule has 3 aromatic rings. The van der Waals surface area contributed by atoms with Crippen molar-refractivity contribution in [2.45, 2.75) is 27.7 Å². The predicted molar refractivity (Wildman–Crippen MR) is 121 cm³/mol. The molecule has 0 radical (unpaired) electrons. The largest absolute Gasteiger partial charge is 0.395 e. The average Bonchev–Trinajstić information content (AvgIpc) is 2.99. The molecular formula is C24H27FN4O2. The first kappa shape index (κ1) is 22.2. The van der Waals surface area contributed by atoms with Gasteiger partial charge in [-0.3, -0.25) is 4.79 Å². The van der Waals surface area contributed by atoms with Crippen LogP contribution in [0.1, 0.15) is 42.4 Å². The first-order valence-electron chi connectivity index (χ1n) is 10.1. The molecule has 0 saturated carbocycles. The van der Waals surface area contributed by atoms with Crippen LogP contribution in [0.5, 0.6) is 0 Å². The quantitative estimate of drug-likeness (QED) is 0.421. The van der Waals surface area contributed by atoms with E-state index in [-0.39, 0.29) is 5.56 Å². The molecular weight excluding hydrogens is 395 g/mol. The van der Waals surface area contributed by atoms with Crippen molar-refractivity contribution >= 4 is 17.3 Å². The summed E-state index contributed by atoms with van der Waals surface area (Å²) in [5.74, 6) is -0.779. The summed E-state index contributed by atoms with van der Waals surface area (Å²) in [7, 11) is 1.47. The Hall–Kier alpha value is -3.48. The Morgan fingerprint density at radius 2 is 1.87 bits per heavy atom. The van der Waals surface area contributed by atoms with Gasteiger partial charge in [0.05, 0.1) is 11.4 Å². The molecule has 0 atom stereocenters. The summed E-state index contributed by atoms with van der Waals surface area (Å²) in [6, 6.07) is 15.2. The fraction of sp³-hybridized carbons (Fsp3) is 0.292. The van der Waals surface area contributed by atoms with E-state index < -0.39 is 11.9 Å². The second kappa shape index (κ2) is 9.55. The second-order valence-electron chi connectivity index (χ2n) is 7.82. The second-order valence-corrected chi connectivity index (χ2v) is 7.82. The lowest BCUT2D eigenvalue weighted by Gasteiger charge is -2.12. The zero-order valence-electron chi connectivity index (χ0n) is 18.4. The highest BCUT2D eigenvalue weighted by Gasteiger charge is 2.21. The number of carbonyl (C=O) groups is 1. The van der Waals surface area contributed by atoms with Crippen LogP contribution in [0.2, 0.25) is 0 Å². The third-order valence-corrected chi connectivity index (χ3v) is 4.78. The maximum Gasteiger partial charge on any atom is 0.262 e. The van der Waals surface area contributed by atoms with Crippen molar-refractivity contribution in [3.63, 3.8) is 0 Å². The van der Waals surface area contributed by atoms with Crippen molar-refractivity contribution in [2.24, 2.45) is 18.1 Å². The molecule has 162 valence electrons. The summed E-state index contributed by atoms with van der Waals surface area (Å²) in [6.45, 7) is 8.21. The minimum Gasteiger partial charge on any atom is -0.395 e. The van der Waals surface area contributed by atoms with Gasteiger partial charge in [-0.1, -0.05) is 61.5 Å². The monoisotopic (exact) mass is 422 g/mol. The summed E-state index contributed by atoms with van der Waals surface area (Å²) in [6.07, 6.45) is 0. The Morgan fingerprint density at radius 3 is 2.48 bits per heavy atom. The molecule has 6 nitrogen and oxygen atoms in total. The standard InChI is InChI=1S/C24H27FN4O2/c1-15(2)14-31-28-16(3)18-10-12-19(13-11-18)20-8-6-7-9-21(20)26-24(30)22-17(4)27-29(5)23(22)25/h6-13,15H,14H2,1-5H3,(H,26,30). The van der Waals surface area contributed by atoms with Crippen molar-refractivity contribution < 1.29 is 14.0 Å². The number of rotatable bonds is 7. The van der Waals surface area contributed by atoms with Crippen LogP contribution in [-0.4, -0.2) is 28.0 Å². The van der Waals surface area contributed by atoms with E-state index in [2.05, 4.69) is 29.4 Å². The van der Waals surface area contributed by atoms with E-state index in [9.17, 15) is 9.18 Å². The zero-order valence-corrected chi connectivity index (χ0v) is 18.4. The van der Waals surface area contributed by atoms with Crippen molar-refractivity contribution in [1.82, 2.24) is 9.78 Å². The fourth-order valence-corrected chi connectivity index (χ4v) is 3.14. The van der Waals surface area contributed by atoms with Gasteiger partial charge in [0.15, 0.2) is 0 Å². The first-order chi connectivity index (χ1) is 14.8. The number of halogens is 1. The van der Waals surface area contributed by atoms with Crippen LogP contribution in [0.3, 0.4) is 0 Å². The number of nitrogens with zero attached hydrogens (tertiary/aromatic N) is 3. The molecule has 2 aromatic carbocycles. The Balaban J connectivity index is 1.82. The van der Waals surface area contributed by atoms with E-state index in [0.717, 1.165) is 27.1 Å². The molecule has 1 amide bonds. The van der Waals surface area contributed by atoms with Gasteiger partial charge >= 0.3 is 0 Å². The fourth-order valence-electron chi connectivity index (χ4n) is 3.14. The molecule has 7 heteroatoms. The van der Waals surface area contributed by atoms with Crippen LogP contribution < -0.4 is 5.32 Å². The van der Waals surface area contributed by atoms with Crippen LogP contribution in [0.4, 0.5) is 10.1 Å². The number of aryl methyl sites for hydroxylation is 2. The smallest absolute Gasteiger partial charge is 0.262 e. The van der Waals surface area contributed by atoms with E-state index in [1.807, 2.05) is 49.4 Å². The zero-order chi connectivity index (χ0) is 22.5. The lowest BCUT2D eigenvalue weighted by atomic mass is 10.0. The summed E-state index contributed by atoms with van der Waals surface area (Å²) >= 11 is 0. The molecule has 0 unspecified atom stereocenters. The molecule has 1 N–H and O–H groups in total. The van der Waals surface area contributed by atoms with Crippen LogP contribution in [0.25, 0.3) is 11.1 Å². The number of para-hydroxylation sites is 1. The predicted octanol–water partition coefficient (Wildman–Crippen LogP) is 5.18. The third-order valence-electron chi connectivity index (χ3n) is 4.78. The van der Waals surface area contributed by atoms with Crippen LogP contribution in [-0.2, 0) is 11.9 Å². The normalized spacial score (nSPS) is 11.6. The molecule has 31 heavy (non-hydrogen) atoms. The molecule has 3 rings (SSSR count). The summed E-state index contributed by atoms with van der Waals surface area (Å²) in [5.41, 5.74) is 4.36. The number of benzene rings is 2. The molecule has 0 bridgehead atoms. The van der Waals surface area contributed by atoms with Crippen molar-refractivity contribution in [3.8, 4) is 11.1 Å². The van der Waals surface area contributed by atoms with Gasteiger partial charge in [0.2, 0.25) is 5.95 Å². The number of oxime groups is 1. The van der Waals surface area contributed by atoms with Gasteiger partial charge < -0.3 is 10.2 Å². The van der Waals surface area contributed by atoms with Crippen LogP contribution >= 0.6 is 0 Å². The highest BCUT2D eigenvalue weighted by molar-refractivity contribution is 6.07. The SMILES string of the molecule is CC(=NOCC(C)C)c1ccc(-c2ccccc2NC(=O)c2c(C)nn(C)c2F)cc1. The third kappa shape index (κ3) is 5.17. The first-order valence-corrected chi connectivity index (χ1v) is 10.1. The summed E-state index contributed by atoms with van der Waals surface area (Å²) in [5, 5.41) is 11.0. The lowest BCUT2D eigenvalue weighted by molar-refractivity contribution is 0.102. The minimum atomic E-state index is -0.661. The van der Waals surface area contributed by atoms with Crippen molar-refractivity contribution in [2.75, 3.05) is 11.9 Å². The van der Waals surface area contributed by atoms with Gasteiger partial charge in [0, 0.05) is 18.3 Å². The van der Waals surface area contributed by atoms with Gasteiger partial charge in [-0.05, 0) is 37.0 Å². The molecule has 1 aromatic heterocycles.